The Morgan fingerprint density at radius 3 is 1.96 bits per heavy atom. The Bertz CT molecular complexity index is 784. The van der Waals surface area contributed by atoms with Crippen LogP contribution in [-0.4, -0.2) is 46.3 Å². The van der Waals surface area contributed by atoms with Crippen molar-refractivity contribution < 1.29 is 28.1 Å². The number of likely N-dealkylation sites (N-methyl/N-ethyl adjacent to an activating group) is 1. The number of hydrogen-bond donors (Lipinski definition) is 0. The molecule has 0 atom stereocenters. The summed E-state index contributed by atoms with van der Waals surface area (Å²) in [5, 5.41) is 0. The highest BCUT2D eigenvalue weighted by Gasteiger charge is 2.17. The third kappa shape index (κ3) is 4.81. The first-order chi connectivity index (χ1) is 12.9. The maximum atomic E-state index is 13.8. The van der Waals surface area contributed by atoms with Crippen molar-refractivity contribution in [3.63, 3.8) is 0 Å². The number of hydrogen-bond acceptors (Lipinski definition) is 5. The molecule has 0 aliphatic rings. The molecule has 1 amide bonds. The molecule has 0 aliphatic carbocycles. The maximum absolute atomic E-state index is 13.8. The van der Waals surface area contributed by atoms with Gasteiger partial charge >= 0.3 is 0 Å². The minimum atomic E-state index is -0.458. The van der Waals surface area contributed by atoms with Gasteiger partial charge in [-0.05, 0) is 35.4 Å². The molecule has 2 rings (SSSR count). The molecule has 0 N–H and O–H groups in total. The molecule has 2 aromatic carbocycles. The van der Waals surface area contributed by atoms with E-state index in [1.807, 2.05) is 0 Å². The second kappa shape index (κ2) is 9.12. The van der Waals surface area contributed by atoms with Gasteiger partial charge in [0, 0.05) is 13.6 Å². The molecule has 0 unspecified atom stereocenters. The van der Waals surface area contributed by atoms with E-state index in [0.29, 0.717) is 22.8 Å². The molecule has 0 aliphatic heterocycles. The first-order valence-corrected chi connectivity index (χ1v) is 8.28. The zero-order valence-electron chi connectivity index (χ0n) is 16.2. The SMILES string of the molecule is COc1ccc(CN(C)C(=O)Cc2cc(OC)c(OC)c(OC)c2)cc1F. The first-order valence-electron chi connectivity index (χ1n) is 8.28. The lowest BCUT2D eigenvalue weighted by molar-refractivity contribution is -0.129. The molecule has 0 heterocycles. The van der Waals surface area contributed by atoms with Gasteiger partial charge in [-0.15, -0.1) is 0 Å². The van der Waals surface area contributed by atoms with Crippen molar-refractivity contribution in [2.45, 2.75) is 13.0 Å². The maximum Gasteiger partial charge on any atom is 0.227 e. The van der Waals surface area contributed by atoms with E-state index >= 15 is 0 Å². The summed E-state index contributed by atoms with van der Waals surface area (Å²) in [5.74, 6) is 1.03. The van der Waals surface area contributed by atoms with Crippen LogP contribution >= 0.6 is 0 Å². The topological polar surface area (TPSA) is 57.2 Å². The fraction of sp³-hybridized carbons (Fsp3) is 0.350. The van der Waals surface area contributed by atoms with Crippen LogP contribution in [0.1, 0.15) is 11.1 Å². The molecule has 0 spiro atoms. The molecule has 7 heteroatoms. The number of halogens is 1. The van der Waals surface area contributed by atoms with Crippen LogP contribution in [0, 0.1) is 5.82 Å². The highest BCUT2D eigenvalue weighted by atomic mass is 19.1. The summed E-state index contributed by atoms with van der Waals surface area (Å²) < 4.78 is 34.6. The van der Waals surface area contributed by atoms with Crippen molar-refractivity contribution in [1.29, 1.82) is 0 Å². The monoisotopic (exact) mass is 377 g/mol. The number of methoxy groups -OCH3 is 4. The minimum Gasteiger partial charge on any atom is -0.494 e. The van der Waals surface area contributed by atoms with Crippen molar-refractivity contribution in [2.75, 3.05) is 35.5 Å². The second-order valence-corrected chi connectivity index (χ2v) is 5.93. The average molecular weight is 377 g/mol. The van der Waals surface area contributed by atoms with E-state index in [2.05, 4.69) is 0 Å². The molecular formula is C20H24FNO5. The fourth-order valence-electron chi connectivity index (χ4n) is 2.72. The summed E-state index contributed by atoms with van der Waals surface area (Å²) in [6.45, 7) is 0.282. The number of carbonyl (C=O) groups excluding carboxylic acids is 1. The smallest absolute Gasteiger partial charge is 0.227 e. The van der Waals surface area contributed by atoms with Crippen LogP contribution in [0.2, 0.25) is 0 Å². The molecule has 0 saturated heterocycles. The van der Waals surface area contributed by atoms with E-state index in [9.17, 15) is 9.18 Å². The Morgan fingerprint density at radius 1 is 0.889 bits per heavy atom. The predicted molar refractivity (Wildman–Crippen MR) is 99.2 cm³/mol. The van der Waals surface area contributed by atoms with Crippen molar-refractivity contribution in [3.8, 4) is 23.0 Å². The zero-order chi connectivity index (χ0) is 20.0. The van der Waals surface area contributed by atoms with E-state index in [1.54, 1.807) is 31.3 Å². The summed E-state index contributed by atoms with van der Waals surface area (Å²) in [6, 6.07) is 8.11. The number of nitrogens with zero attached hydrogens (tertiary/aromatic N) is 1. The number of amides is 1. The Balaban J connectivity index is 2.13. The predicted octanol–water partition coefficient (Wildman–Crippen LogP) is 3.06. The highest BCUT2D eigenvalue weighted by Crippen LogP contribution is 2.38. The standard InChI is InChI=1S/C20H24FNO5/c1-22(12-13-6-7-16(24-2)15(21)8-13)19(23)11-14-9-17(25-3)20(27-5)18(10-14)26-4/h6-10H,11-12H2,1-5H3. The quantitative estimate of drug-likeness (QED) is 0.708. The van der Waals surface area contributed by atoms with E-state index in [-0.39, 0.29) is 24.6 Å². The second-order valence-electron chi connectivity index (χ2n) is 5.93. The highest BCUT2D eigenvalue weighted by molar-refractivity contribution is 5.79. The summed E-state index contributed by atoms with van der Waals surface area (Å²) in [7, 11) is 7.64. The van der Waals surface area contributed by atoms with Crippen LogP contribution in [0.3, 0.4) is 0 Å². The van der Waals surface area contributed by atoms with E-state index in [4.69, 9.17) is 18.9 Å². The number of ether oxygens (including phenoxy) is 4. The zero-order valence-corrected chi connectivity index (χ0v) is 16.2. The van der Waals surface area contributed by atoms with Crippen LogP contribution in [-0.2, 0) is 17.8 Å². The molecule has 6 nitrogen and oxygen atoms in total. The van der Waals surface area contributed by atoms with Crippen LogP contribution in [0.4, 0.5) is 4.39 Å². The molecule has 0 aromatic heterocycles. The molecule has 27 heavy (non-hydrogen) atoms. The van der Waals surface area contributed by atoms with Crippen molar-refractivity contribution >= 4 is 5.91 Å². The van der Waals surface area contributed by atoms with Crippen LogP contribution in [0.5, 0.6) is 23.0 Å². The van der Waals surface area contributed by atoms with Crippen LogP contribution in [0.15, 0.2) is 30.3 Å². The Hall–Kier alpha value is -2.96. The number of carbonyl (C=O) groups is 1. The van der Waals surface area contributed by atoms with E-state index < -0.39 is 5.82 Å². The Morgan fingerprint density at radius 2 is 1.48 bits per heavy atom. The summed E-state index contributed by atoms with van der Waals surface area (Å²) >= 11 is 0. The van der Waals surface area contributed by atoms with Crippen LogP contribution in [0.25, 0.3) is 0 Å². The van der Waals surface area contributed by atoms with Gasteiger partial charge in [0.05, 0.1) is 34.9 Å². The van der Waals surface area contributed by atoms with Gasteiger partial charge in [0.2, 0.25) is 11.7 Å². The Labute approximate surface area is 158 Å². The van der Waals surface area contributed by atoms with Gasteiger partial charge in [-0.3, -0.25) is 4.79 Å². The molecular weight excluding hydrogens is 353 g/mol. The third-order valence-electron chi connectivity index (χ3n) is 4.14. The van der Waals surface area contributed by atoms with Gasteiger partial charge in [-0.1, -0.05) is 6.07 Å². The van der Waals surface area contributed by atoms with E-state index in [1.165, 1.54) is 39.4 Å². The number of benzene rings is 2. The van der Waals surface area contributed by atoms with Gasteiger partial charge < -0.3 is 23.8 Å². The third-order valence-corrected chi connectivity index (χ3v) is 4.14. The summed E-state index contributed by atoms with van der Waals surface area (Å²) in [6.07, 6.45) is 0.145. The van der Waals surface area contributed by atoms with Gasteiger partial charge in [-0.25, -0.2) is 4.39 Å². The molecule has 146 valence electrons. The van der Waals surface area contributed by atoms with Gasteiger partial charge in [0.25, 0.3) is 0 Å². The Kier molecular flexibility index (Phi) is 6.87. The van der Waals surface area contributed by atoms with Crippen LogP contribution < -0.4 is 18.9 Å². The van der Waals surface area contributed by atoms with Gasteiger partial charge in [0.15, 0.2) is 23.1 Å². The molecule has 0 saturated carbocycles. The average Bonchev–Trinajstić information content (AvgIpc) is 2.67. The summed E-state index contributed by atoms with van der Waals surface area (Å²) in [4.78, 5) is 14.1. The molecule has 2 aromatic rings. The van der Waals surface area contributed by atoms with Crippen molar-refractivity contribution in [3.05, 3.63) is 47.3 Å². The van der Waals surface area contributed by atoms with Gasteiger partial charge in [0.1, 0.15) is 0 Å². The first kappa shape index (κ1) is 20.4. The van der Waals surface area contributed by atoms with Crippen molar-refractivity contribution in [2.24, 2.45) is 0 Å². The van der Waals surface area contributed by atoms with Crippen molar-refractivity contribution in [1.82, 2.24) is 4.90 Å². The molecule has 0 bridgehead atoms. The van der Waals surface area contributed by atoms with Gasteiger partial charge in [-0.2, -0.15) is 0 Å². The minimum absolute atomic E-state index is 0.125. The summed E-state index contributed by atoms with van der Waals surface area (Å²) in [5.41, 5.74) is 1.40. The van der Waals surface area contributed by atoms with E-state index in [0.717, 1.165) is 5.56 Å². The largest absolute Gasteiger partial charge is 0.494 e. The lowest BCUT2D eigenvalue weighted by atomic mass is 10.1. The lowest BCUT2D eigenvalue weighted by Crippen LogP contribution is -2.27. The molecule has 0 radical (unpaired) electrons. The number of rotatable bonds is 8. The lowest BCUT2D eigenvalue weighted by Gasteiger charge is -2.19. The molecule has 0 fully saturated rings. The normalized spacial score (nSPS) is 10.3. The fourth-order valence-corrected chi connectivity index (χ4v) is 2.72.